The van der Waals surface area contributed by atoms with E-state index in [2.05, 4.69) is 15.5 Å². The van der Waals surface area contributed by atoms with Gasteiger partial charge >= 0.3 is 0 Å². The molecule has 116 valence electrons. The van der Waals surface area contributed by atoms with Crippen LogP contribution in [0.1, 0.15) is 18.7 Å². The highest BCUT2D eigenvalue weighted by molar-refractivity contribution is 7.99. The van der Waals surface area contributed by atoms with Crippen LogP contribution in [0.3, 0.4) is 0 Å². The summed E-state index contributed by atoms with van der Waals surface area (Å²) >= 11 is 2.77. The molecule has 2 amide bonds. The van der Waals surface area contributed by atoms with Crippen LogP contribution in [-0.4, -0.2) is 58.6 Å². The molecule has 1 aliphatic carbocycles. The van der Waals surface area contributed by atoms with Gasteiger partial charge < -0.3 is 14.6 Å². The first-order valence-electron chi connectivity index (χ1n) is 6.56. The Bertz CT molecular complexity index is 504. The predicted octanol–water partition coefficient (Wildman–Crippen LogP) is 0.762. The first kappa shape index (κ1) is 16.2. The summed E-state index contributed by atoms with van der Waals surface area (Å²) in [6.07, 6.45) is 4.02. The standard InChI is InChI=1S/C12H18N4O3S2/c1-16(5-9(17)13-8-3-4-8)11(18)7-21-12-15-14-10(19-12)6-20-2/h8H,3-7H2,1-2H3,(H,13,17). The van der Waals surface area contributed by atoms with E-state index in [0.717, 1.165) is 12.8 Å². The van der Waals surface area contributed by atoms with Crippen molar-refractivity contribution in [2.45, 2.75) is 29.9 Å². The molecule has 1 aliphatic rings. The second-order valence-electron chi connectivity index (χ2n) is 4.77. The lowest BCUT2D eigenvalue weighted by Crippen LogP contribution is -2.39. The molecule has 2 rings (SSSR count). The number of carbonyl (C=O) groups is 2. The maximum Gasteiger partial charge on any atom is 0.277 e. The van der Waals surface area contributed by atoms with Crippen LogP contribution < -0.4 is 5.32 Å². The van der Waals surface area contributed by atoms with E-state index in [-0.39, 0.29) is 24.1 Å². The Morgan fingerprint density at radius 1 is 1.43 bits per heavy atom. The molecule has 1 fully saturated rings. The van der Waals surface area contributed by atoms with Gasteiger partial charge in [0, 0.05) is 13.1 Å². The second kappa shape index (κ2) is 7.69. The van der Waals surface area contributed by atoms with E-state index in [4.69, 9.17) is 4.42 Å². The zero-order valence-electron chi connectivity index (χ0n) is 12.0. The molecule has 0 saturated heterocycles. The van der Waals surface area contributed by atoms with Crippen LogP contribution in [0.5, 0.6) is 0 Å². The van der Waals surface area contributed by atoms with E-state index in [1.165, 1.54) is 16.7 Å². The predicted molar refractivity (Wildman–Crippen MR) is 81.0 cm³/mol. The lowest BCUT2D eigenvalue weighted by atomic mass is 10.5. The topological polar surface area (TPSA) is 88.3 Å². The van der Waals surface area contributed by atoms with Crippen LogP contribution >= 0.6 is 23.5 Å². The van der Waals surface area contributed by atoms with Crippen molar-refractivity contribution in [2.24, 2.45) is 0 Å². The van der Waals surface area contributed by atoms with Crippen molar-refractivity contribution in [1.29, 1.82) is 0 Å². The number of carbonyl (C=O) groups excluding carboxylic acids is 2. The molecule has 7 nitrogen and oxygen atoms in total. The molecule has 21 heavy (non-hydrogen) atoms. The van der Waals surface area contributed by atoms with Crippen molar-refractivity contribution in [1.82, 2.24) is 20.4 Å². The lowest BCUT2D eigenvalue weighted by Gasteiger charge is -2.15. The van der Waals surface area contributed by atoms with Crippen molar-refractivity contribution in [3.05, 3.63) is 5.89 Å². The number of nitrogens with zero attached hydrogens (tertiary/aromatic N) is 3. The summed E-state index contributed by atoms with van der Waals surface area (Å²) in [5, 5.41) is 11.0. The van der Waals surface area contributed by atoms with Gasteiger partial charge in [0.05, 0.1) is 18.1 Å². The molecule has 0 spiro atoms. The minimum atomic E-state index is -0.143. The Kier molecular flexibility index (Phi) is 5.92. The number of aromatic nitrogens is 2. The van der Waals surface area contributed by atoms with Crippen molar-refractivity contribution in [2.75, 3.05) is 25.6 Å². The minimum absolute atomic E-state index is 0.0808. The highest BCUT2D eigenvalue weighted by atomic mass is 32.2. The van der Waals surface area contributed by atoms with Crippen molar-refractivity contribution < 1.29 is 14.0 Å². The Labute approximate surface area is 131 Å². The maximum atomic E-state index is 11.9. The van der Waals surface area contributed by atoms with Crippen LogP contribution in [0.15, 0.2) is 9.64 Å². The van der Waals surface area contributed by atoms with Crippen molar-refractivity contribution in [3.8, 4) is 0 Å². The van der Waals surface area contributed by atoms with Gasteiger partial charge in [0.2, 0.25) is 17.7 Å². The van der Waals surface area contributed by atoms with E-state index in [1.807, 2.05) is 6.26 Å². The van der Waals surface area contributed by atoms with E-state index in [1.54, 1.807) is 18.8 Å². The van der Waals surface area contributed by atoms with E-state index < -0.39 is 0 Å². The summed E-state index contributed by atoms with van der Waals surface area (Å²) in [5.41, 5.74) is 0. The van der Waals surface area contributed by atoms with Crippen molar-refractivity contribution >= 4 is 35.3 Å². The number of rotatable bonds is 8. The van der Waals surface area contributed by atoms with Crippen LogP contribution in [0, 0.1) is 0 Å². The Balaban J connectivity index is 1.70. The average molecular weight is 330 g/mol. The van der Waals surface area contributed by atoms with Gasteiger partial charge in [-0.25, -0.2) is 0 Å². The summed E-state index contributed by atoms with van der Waals surface area (Å²) in [5.74, 6) is 1.13. The van der Waals surface area contributed by atoms with Gasteiger partial charge in [0.15, 0.2) is 0 Å². The zero-order chi connectivity index (χ0) is 15.2. The highest BCUT2D eigenvalue weighted by Gasteiger charge is 2.24. The van der Waals surface area contributed by atoms with Crippen LogP contribution in [-0.2, 0) is 15.3 Å². The van der Waals surface area contributed by atoms with Gasteiger partial charge in [-0.05, 0) is 19.1 Å². The zero-order valence-corrected chi connectivity index (χ0v) is 13.6. The molecular formula is C12H18N4O3S2. The quantitative estimate of drug-likeness (QED) is 0.704. The molecule has 1 saturated carbocycles. The SMILES string of the molecule is CSCc1nnc(SCC(=O)N(C)CC(=O)NC2CC2)o1. The van der Waals surface area contributed by atoms with Gasteiger partial charge in [-0.1, -0.05) is 11.8 Å². The molecule has 0 aromatic carbocycles. The minimum Gasteiger partial charge on any atom is -0.415 e. The van der Waals surface area contributed by atoms with E-state index >= 15 is 0 Å². The molecule has 1 heterocycles. The fraction of sp³-hybridized carbons (Fsp3) is 0.667. The molecular weight excluding hydrogens is 312 g/mol. The van der Waals surface area contributed by atoms with Crippen LogP contribution in [0.25, 0.3) is 0 Å². The Morgan fingerprint density at radius 2 is 2.19 bits per heavy atom. The second-order valence-corrected chi connectivity index (χ2v) is 6.57. The monoisotopic (exact) mass is 330 g/mol. The number of nitrogens with one attached hydrogen (secondary N) is 1. The number of amides is 2. The third-order valence-electron chi connectivity index (χ3n) is 2.78. The lowest BCUT2D eigenvalue weighted by molar-refractivity contribution is -0.132. The number of thioether (sulfide) groups is 2. The first-order chi connectivity index (χ1) is 10.1. The van der Waals surface area contributed by atoms with Gasteiger partial charge in [-0.15, -0.1) is 10.2 Å². The first-order valence-corrected chi connectivity index (χ1v) is 8.94. The molecule has 9 heteroatoms. The van der Waals surface area contributed by atoms with E-state index in [0.29, 0.717) is 22.9 Å². The van der Waals surface area contributed by atoms with Gasteiger partial charge in [0.25, 0.3) is 5.22 Å². The third kappa shape index (κ3) is 5.58. The largest absolute Gasteiger partial charge is 0.415 e. The van der Waals surface area contributed by atoms with Gasteiger partial charge in [0.1, 0.15) is 0 Å². The summed E-state index contributed by atoms with van der Waals surface area (Å²) in [7, 11) is 1.61. The molecule has 1 aromatic rings. The number of likely N-dealkylation sites (N-methyl/N-ethyl adjacent to an activating group) is 1. The molecule has 1 aromatic heterocycles. The van der Waals surface area contributed by atoms with Crippen LogP contribution in [0.4, 0.5) is 0 Å². The number of hydrogen-bond donors (Lipinski definition) is 1. The van der Waals surface area contributed by atoms with Gasteiger partial charge in [-0.2, -0.15) is 11.8 Å². The molecule has 0 unspecified atom stereocenters. The fourth-order valence-corrected chi connectivity index (χ4v) is 2.60. The molecule has 0 bridgehead atoms. The number of hydrogen-bond acceptors (Lipinski definition) is 7. The summed E-state index contributed by atoms with van der Waals surface area (Å²) in [6.45, 7) is 0.0808. The average Bonchev–Trinajstić information content (AvgIpc) is 3.13. The normalized spacial score (nSPS) is 14.0. The maximum absolute atomic E-state index is 11.9. The summed E-state index contributed by atoms with van der Waals surface area (Å²) < 4.78 is 5.37. The van der Waals surface area contributed by atoms with Crippen molar-refractivity contribution in [3.63, 3.8) is 0 Å². The van der Waals surface area contributed by atoms with Gasteiger partial charge in [-0.3, -0.25) is 9.59 Å². The molecule has 1 N–H and O–H groups in total. The van der Waals surface area contributed by atoms with E-state index in [9.17, 15) is 9.59 Å². The molecule has 0 atom stereocenters. The smallest absolute Gasteiger partial charge is 0.277 e. The van der Waals surface area contributed by atoms with Crippen LogP contribution in [0.2, 0.25) is 0 Å². The third-order valence-corrected chi connectivity index (χ3v) is 4.12. The summed E-state index contributed by atoms with van der Waals surface area (Å²) in [6, 6.07) is 0.309. The Morgan fingerprint density at radius 3 is 2.86 bits per heavy atom. The highest BCUT2D eigenvalue weighted by Crippen LogP contribution is 2.19. The fourth-order valence-electron chi connectivity index (χ4n) is 1.52. The Hall–Kier alpha value is -1.22. The molecule has 0 aliphatic heterocycles. The molecule has 0 radical (unpaired) electrons. The summed E-state index contributed by atoms with van der Waals surface area (Å²) in [4.78, 5) is 24.9.